The molecular formula is C17H18FN3O5S. The molecule has 0 saturated carbocycles. The summed E-state index contributed by atoms with van der Waals surface area (Å²) in [5.74, 6) is 0.397. The molecule has 0 unspecified atom stereocenters. The number of rotatable bonds is 4. The Kier molecular flexibility index (Phi) is 4.83. The molecule has 1 fully saturated rings. The maximum Gasteiger partial charge on any atom is 0.316 e. The van der Waals surface area contributed by atoms with E-state index in [1.807, 2.05) is 0 Å². The van der Waals surface area contributed by atoms with E-state index in [1.165, 1.54) is 16.4 Å². The van der Waals surface area contributed by atoms with Gasteiger partial charge in [-0.2, -0.15) is 4.31 Å². The number of ether oxygens (including phenoxy) is 3. The molecule has 2 aliphatic rings. The van der Waals surface area contributed by atoms with Crippen molar-refractivity contribution in [2.45, 2.75) is 23.8 Å². The predicted octanol–water partition coefficient (Wildman–Crippen LogP) is 1.62. The lowest BCUT2D eigenvalue weighted by Crippen LogP contribution is -2.44. The van der Waals surface area contributed by atoms with E-state index >= 15 is 0 Å². The number of benzene rings is 1. The van der Waals surface area contributed by atoms with Gasteiger partial charge in [0.1, 0.15) is 19.3 Å². The monoisotopic (exact) mass is 395 g/mol. The van der Waals surface area contributed by atoms with Gasteiger partial charge in [0.15, 0.2) is 17.3 Å². The maximum absolute atomic E-state index is 13.0. The molecule has 1 aromatic heterocycles. The summed E-state index contributed by atoms with van der Waals surface area (Å²) in [5.41, 5.74) is 0. The first kappa shape index (κ1) is 17.9. The summed E-state index contributed by atoms with van der Waals surface area (Å²) in [6.07, 6.45) is 2.91. The minimum absolute atomic E-state index is 0.0278. The van der Waals surface area contributed by atoms with Crippen LogP contribution in [0.15, 0.2) is 35.5 Å². The fraction of sp³-hybridized carbons (Fsp3) is 0.412. The third-order valence-electron chi connectivity index (χ3n) is 4.36. The molecule has 1 saturated heterocycles. The summed E-state index contributed by atoms with van der Waals surface area (Å²) in [7, 11) is -3.71. The van der Waals surface area contributed by atoms with Crippen molar-refractivity contribution in [1.82, 2.24) is 14.3 Å². The Bertz CT molecular complexity index is 923. The van der Waals surface area contributed by atoms with Gasteiger partial charge in [-0.05, 0) is 25.0 Å². The lowest BCUT2D eigenvalue weighted by molar-refractivity contribution is 0.119. The van der Waals surface area contributed by atoms with Gasteiger partial charge < -0.3 is 14.2 Å². The van der Waals surface area contributed by atoms with Crippen LogP contribution in [-0.2, 0) is 10.0 Å². The summed E-state index contributed by atoms with van der Waals surface area (Å²) in [4.78, 5) is 7.66. The Morgan fingerprint density at radius 1 is 1.15 bits per heavy atom. The molecule has 2 aromatic rings. The topological polar surface area (TPSA) is 90.9 Å². The molecular weight excluding hydrogens is 377 g/mol. The fourth-order valence-electron chi connectivity index (χ4n) is 3.06. The highest BCUT2D eigenvalue weighted by Gasteiger charge is 2.32. The lowest BCUT2D eigenvalue weighted by Gasteiger charge is -2.31. The van der Waals surface area contributed by atoms with Crippen molar-refractivity contribution in [3.05, 3.63) is 36.4 Å². The molecule has 4 rings (SSSR count). The van der Waals surface area contributed by atoms with E-state index in [0.717, 1.165) is 12.4 Å². The number of fused-ring (bicyclic) bond motifs is 1. The van der Waals surface area contributed by atoms with Crippen LogP contribution >= 0.6 is 0 Å². The minimum Gasteiger partial charge on any atom is -0.486 e. The van der Waals surface area contributed by atoms with Crippen molar-refractivity contribution < 1.29 is 27.0 Å². The second kappa shape index (κ2) is 7.28. The van der Waals surface area contributed by atoms with Gasteiger partial charge in [-0.3, -0.25) is 0 Å². The number of hydrogen-bond donors (Lipinski definition) is 0. The number of hydrogen-bond acceptors (Lipinski definition) is 7. The number of sulfonamides is 1. The van der Waals surface area contributed by atoms with Crippen molar-refractivity contribution in [2.24, 2.45) is 0 Å². The highest BCUT2D eigenvalue weighted by molar-refractivity contribution is 7.89. The van der Waals surface area contributed by atoms with E-state index in [4.69, 9.17) is 14.2 Å². The van der Waals surface area contributed by atoms with E-state index in [2.05, 4.69) is 9.97 Å². The largest absolute Gasteiger partial charge is 0.486 e. The average molecular weight is 395 g/mol. The first-order chi connectivity index (χ1) is 13.0. The Balaban J connectivity index is 1.50. The van der Waals surface area contributed by atoms with E-state index in [1.54, 1.807) is 6.07 Å². The van der Waals surface area contributed by atoms with Gasteiger partial charge in [0, 0.05) is 12.6 Å². The highest BCUT2D eigenvalue weighted by atomic mass is 32.2. The molecule has 1 aromatic carbocycles. The zero-order chi connectivity index (χ0) is 18.9. The van der Waals surface area contributed by atoms with Gasteiger partial charge in [0.05, 0.1) is 23.8 Å². The smallest absolute Gasteiger partial charge is 0.316 e. The molecule has 27 heavy (non-hydrogen) atoms. The second-order valence-corrected chi connectivity index (χ2v) is 8.17. The number of halogens is 1. The van der Waals surface area contributed by atoms with Gasteiger partial charge in [-0.25, -0.2) is 22.8 Å². The Morgan fingerprint density at radius 2 is 1.89 bits per heavy atom. The van der Waals surface area contributed by atoms with Crippen LogP contribution < -0.4 is 14.2 Å². The van der Waals surface area contributed by atoms with Crippen LogP contribution in [0.2, 0.25) is 0 Å². The average Bonchev–Trinajstić information content (AvgIpc) is 2.69. The zero-order valence-electron chi connectivity index (χ0n) is 14.4. The maximum atomic E-state index is 13.0. The molecule has 1 atom stereocenters. The normalized spacial score (nSPS) is 20.3. The number of nitrogens with zero attached hydrogens (tertiary/aromatic N) is 3. The molecule has 0 bridgehead atoms. The van der Waals surface area contributed by atoms with Crippen LogP contribution in [0.1, 0.15) is 12.8 Å². The standard InChI is InChI=1S/C17H18FN3O5S/c18-12-9-19-17(20-10-12)26-13-2-1-5-21(11-13)27(22,23)14-3-4-15-16(8-14)25-7-6-24-15/h3-4,8-10,13H,1-2,5-7,11H2/t13-/m1/s1. The van der Waals surface area contributed by atoms with Gasteiger partial charge in [0.2, 0.25) is 10.0 Å². The summed E-state index contributed by atoms with van der Waals surface area (Å²) < 4.78 is 56.8. The Labute approximate surface area is 155 Å². The summed E-state index contributed by atoms with van der Waals surface area (Å²) >= 11 is 0. The minimum atomic E-state index is -3.71. The summed E-state index contributed by atoms with van der Waals surface area (Å²) in [6, 6.07) is 4.62. The van der Waals surface area contributed by atoms with Crippen LogP contribution in [0.4, 0.5) is 4.39 Å². The van der Waals surface area contributed by atoms with Crippen molar-refractivity contribution in [3.8, 4) is 17.5 Å². The summed E-state index contributed by atoms with van der Waals surface area (Å²) in [5, 5.41) is 0. The van der Waals surface area contributed by atoms with E-state index in [0.29, 0.717) is 44.1 Å². The zero-order valence-corrected chi connectivity index (χ0v) is 15.2. The van der Waals surface area contributed by atoms with E-state index < -0.39 is 21.9 Å². The predicted molar refractivity (Wildman–Crippen MR) is 91.8 cm³/mol. The molecule has 3 heterocycles. The van der Waals surface area contributed by atoms with Crippen LogP contribution in [-0.4, -0.2) is 55.1 Å². The van der Waals surface area contributed by atoms with Crippen molar-refractivity contribution in [3.63, 3.8) is 0 Å². The molecule has 8 nitrogen and oxygen atoms in total. The quantitative estimate of drug-likeness (QED) is 0.777. The molecule has 2 aliphatic heterocycles. The van der Waals surface area contributed by atoms with Crippen LogP contribution in [0.25, 0.3) is 0 Å². The van der Waals surface area contributed by atoms with Gasteiger partial charge in [-0.1, -0.05) is 0 Å². The molecule has 10 heteroatoms. The van der Waals surface area contributed by atoms with Crippen LogP contribution in [0.5, 0.6) is 17.5 Å². The molecule has 144 valence electrons. The molecule has 0 radical (unpaired) electrons. The summed E-state index contributed by atoms with van der Waals surface area (Å²) in [6.45, 7) is 1.38. The van der Waals surface area contributed by atoms with Gasteiger partial charge in [-0.15, -0.1) is 0 Å². The van der Waals surface area contributed by atoms with Crippen molar-refractivity contribution in [1.29, 1.82) is 0 Å². The van der Waals surface area contributed by atoms with Gasteiger partial charge >= 0.3 is 6.01 Å². The second-order valence-electron chi connectivity index (χ2n) is 6.23. The molecule has 0 aliphatic carbocycles. The van der Waals surface area contributed by atoms with Crippen LogP contribution in [0, 0.1) is 5.82 Å². The molecule has 0 spiro atoms. The van der Waals surface area contributed by atoms with E-state index in [9.17, 15) is 12.8 Å². The Hall–Kier alpha value is -2.46. The van der Waals surface area contributed by atoms with Crippen molar-refractivity contribution >= 4 is 10.0 Å². The van der Waals surface area contributed by atoms with Crippen molar-refractivity contribution in [2.75, 3.05) is 26.3 Å². The van der Waals surface area contributed by atoms with Gasteiger partial charge in [0.25, 0.3) is 0 Å². The first-order valence-electron chi connectivity index (χ1n) is 8.56. The fourth-order valence-corrected chi connectivity index (χ4v) is 4.59. The Morgan fingerprint density at radius 3 is 2.67 bits per heavy atom. The third kappa shape index (κ3) is 3.81. The number of aromatic nitrogens is 2. The first-order valence-corrected chi connectivity index (χ1v) is 10.0. The third-order valence-corrected chi connectivity index (χ3v) is 6.22. The van der Waals surface area contributed by atoms with E-state index in [-0.39, 0.29) is 17.5 Å². The van der Waals surface area contributed by atoms with Crippen LogP contribution in [0.3, 0.4) is 0 Å². The highest BCUT2D eigenvalue weighted by Crippen LogP contribution is 2.33. The number of piperidine rings is 1. The molecule has 0 amide bonds. The SMILES string of the molecule is O=S(=O)(c1ccc2c(c1)OCCO2)N1CCC[C@@H](Oc2ncc(F)cn2)C1. The molecule has 0 N–H and O–H groups in total. The lowest BCUT2D eigenvalue weighted by atomic mass is 10.1.